The first kappa shape index (κ1) is 13.7. The van der Waals surface area contributed by atoms with E-state index in [1.165, 1.54) is 39.1 Å². The number of benzene rings is 2. The van der Waals surface area contributed by atoms with E-state index < -0.39 is 0 Å². The van der Waals surface area contributed by atoms with E-state index in [1.54, 1.807) is 0 Å². The van der Waals surface area contributed by atoms with Crippen LogP contribution in [0.25, 0.3) is 0 Å². The Bertz CT molecular complexity index is 553. The summed E-state index contributed by atoms with van der Waals surface area (Å²) >= 11 is 0. The van der Waals surface area contributed by atoms with Crippen LogP contribution in [0.15, 0.2) is 30.3 Å². The van der Waals surface area contributed by atoms with Gasteiger partial charge < -0.3 is 5.32 Å². The third-order valence-electron chi connectivity index (χ3n) is 3.76. The van der Waals surface area contributed by atoms with E-state index in [9.17, 15) is 0 Å². The second-order valence-electron chi connectivity index (χ2n) is 5.50. The van der Waals surface area contributed by atoms with Crippen LogP contribution in [-0.2, 0) is 6.54 Å². The van der Waals surface area contributed by atoms with Crippen LogP contribution in [0.5, 0.6) is 0 Å². The highest BCUT2D eigenvalue weighted by Gasteiger charge is 2.06. The van der Waals surface area contributed by atoms with Crippen LogP contribution in [0, 0.1) is 34.6 Å². The van der Waals surface area contributed by atoms with Gasteiger partial charge in [-0.25, -0.2) is 0 Å². The minimum atomic E-state index is 0.892. The van der Waals surface area contributed by atoms with E-state index in [0.29, 0.717) is 0 Å². The van der Waals surface area contributed by atoms with Crippen molar-refractivity contribution in [2.75, 3.05) is 5.32 Å². The predicted octanol–water partition coefficient (Wildman–Crippen LogP) is 4.84. The molecule has 2 rings (SSSR count). The zero-order chi connectivity index (χ0) is 14.0. The van der Waals surface area contributed by atoms with Crippen LogP contribution < -0.4 is 5.32 Å². The third-order valence-corrected chi connectivity index (χ3v) is 3.76. The SMILES string of the molecule is Cc1cc(C)c(NCc2c(C)cccc2C)c(C)c1. The molecule has 0 heterocycles. The number of aryl methyl sites for hydroxylation is 5. The van der Waals surface area contributed by atoms with Crippen LogP contribution in [0.4, 0.5) is 5.69 Å². The molecule has 0 amide bonds. The van der Waals surface area contributed by atoms with E-state index in [0.717, 1.165) is 6.54 Å². The summed E-state index contributed by atoms with van der Waals surface area (Å²) in [7, 11) is 0. The molecule has 0 spiro atoms. The standard InChI is InChI=1S/C18H23N/c1-12-9-15(4)18(16(5)10-12)19-11-17-13(2)7-6-8-14(17)3/h6-10,19H,11H2,1-5H3. The molecule has 0 aliphatic carbocycles. The fourth-order valence-corrected chi connectivity index (χ4v) is 2.76. The van der Waals surface area contributed by atoms with Crippen LogP contribution in [0.3, 0.4) is 0 Å². The van der Waals surface area contributed by atoms with Gasteiger partial charge in [0.15, 0.2) is 0 Å². The summed E-state index contributed by atoms with van der Waals surface area (Å²) in [5, 5.41) is 3.61. The van der Waals surface area contributed by atoms with Crippen molar-refractivity contribution < 1.29 is 0 Å². The van der Waals surface area contributed by atoms with E-state index >= 15 is 0 Å². The van der Waals surface area contributed by atoms with Gasteiger partial charge in [0.25, 0.3) is 0 Å². The van der Waals surface area contributed by atoms with Gasteiger partial charge in [-0.05, 0) is 62.4 Å². The van der Waals surface area contributed by atoms with Crippen LogP contribution in [0.1, 0.15) is 33.4 Å². The Balaban J connectivity index is 2.24. The van der Waals surface area contributed by atoms with Gasteiger partial charge in [0, 0.05) is 12.2 Å². The normalized spacial score (nSPS) is 10.6. The van der Waals surface area contributed by atoms with Gasteiger partial charge in [-0.15, -0.1) is 0 Å². The molecular weight excluding hydrogens is 230 g/mol. The van der Waals surface area contributed by atoms with Gasteiger partial charge in [-0.3, -0.25) is 0 Å². The molecule has 0 aliphatic rings. The van der Waals surface area contributed by atoms with Gasteiger partial charge in [0.1, 0.15) is 0 Å². The summed E-state index contributed by atoms with van der Waals surface area (Å²) in [4.78, 5) is 0. The molecule has 0 aliphatic heterocycles. The highest BCUT2D eigenvalue weighted by Crippen LogP contribution is 2.23. The number of anilines is 1. The minimum Gasteiger partial charge on any atom is -0.381 e. The third kappa shape index (κ3) is 2.98. The van der Waals surface area contributed by atoms with Gasteiger partial charge in [-0.1, -0.05) is 35.9 Å². The Morgan fingerprint density at radius 2 is 1.32 bits per heavy atom. The van der Waals surface area contributed by atoms with Crippen LogP contribution in [-0.4, -0.2) is 0 Å². The maximum atomic E-state index is 3.61. The van der Waals surface area contributed by atoms with E-state index in [-0.39, 0.29) is 0 Å². The molecule has 2 aromatic carbocycles. The highest BCUT2D eigenvalue weighted by molar-refractivity contribution is 5.58. The highest BCUT2D eigenvalue weighted by atomic mass is 14.9. The Morgan fingerprint density at radius 3 is 1.84 bits per heavy atom. The van der Waals surface area contributed by atoms with Gasteiger partial charge in [0.2, 0.25) is 0 Å². The zero-order valence-corrected chi connectivity index (χ0v) is 12.6. The summed E-state index contributed by atoms with van der Waals surface area (Å²) in [5.41, 5.74) is 9.36. The molecule has 0 unspecified atom stereocenters. The molecule has 0 atom stereocenters. The average Bonchev–Trinajstić information content (AvgIpc) is 2.31. The van der Waals surface area contributed by atoms with Crippen molar-refractivity contribution >= 4 is 5.69 Å². The number of hydrogen-bond donors (Lipinski definition) is 1. The second kappa shape index (κ2) is 5.48. The van der Waals surface area contributed by atoms with E-state index in [1.807, 2.05) is 0 Å². The molecular formula is C18H23N. The Kier molecular flexibility index (Phi) is 3.94. The summed E-state index contributed by atoms with van der Waals surface area (Å²) in [6.45, 7) is 11.7. The number of hydrogen-bond acceptors (Lipinski definition) is 1. The molecule has 1 nitrogen and oxygen atoms in total. The average molecular weight is 253 g/mol. The van der Waals surface area contributed by atoms with Gasteiger partial charge in [-0.2, -0.15) is 0 Å². The zero-order valence-electron chi connectivity index (χ0n) is 12.6. The summed E-state index contributed by atoms with van der Waals surface area (Å²) in [5.74, 6) is 0. The summed E-state index contributed by atoms with van der Waals surface area (Å²) in [6, 6.07) is 11.0. The number of rotatable bonds is 3. The fourth-order valence-electron chi connectivity index (χ4n) is 2.76. The van der Waals surface area contributed by atoms with Crippen molar-refractivity contribution in [1.82, 2.24) is 0 Å². The van der Waals surface area contributed by atoms with E-state index in [4.69, 9.17) is 0 Å². The molecule has 0 bridgehead atoms. The Hall–Kier alpha value is -1.76. The monoisotopic (exact) mass is 253 g/mol. The summed E-state index contributed by atoms with van der Waals surface area (Å²) in [6.07, 6.45) is 0. The Morgan fingerprint density at radius 1 is 0.789 bits per heavy atom. The first-order chi connectivity index (χ1) is 8.99. The second-order valence-corrected chi connectivity index (χ2v) is 5.50. The first-order valence-corrected chi connectivity index (χ1v) is 6.86. The lowest BCUT2D eigenvalue weighted by Gasteiger charge is -2.16. The van der Waals surface area contributed by atoms with Gasteiger partial charge in [0.05, 0.1) is 0 Å². The number of nitrogens with one attached hydrogen (secondary N) is 1. The molecule has 0 fully saturated rings. The van der Waals surface area contributed by atoms with Crippen LogP contribution >= 0.6 is 0 Å². The molecule has 0 aromatic heterocycles. The molecule has 0 saturated heterocycles. The Labute approximate surface area is 116 Å². The molecule has 100 valence electrons. The maximum absolute atomic E-state index is 3.61. The van der Waals surface area contributed by atoms with Gasteiger partial charge >= 0.3 is 0 Å². The fraction of sp³-hybridized carbons (Fsp3) is 0.333. The lowest BCUT2D eigenvalue weighted by molar-refractivity contribution is 1.08. The van der Waals surface area contributed by atoms with Crippen molar-refractivity contribution in [2.24, 2.45) is 0 Å². The summed E-state index contributed by atoms with van der Waals surface area (Å²) < 4.78 is 0. The maximum Gasteiger partial charge on any atom is 0.0406 e. The molecule has 2 aromatic rings. The lowest BCUT2D eigenvalue weighted by atomic mass is 10.0. The quantitative estimate of drug-likeness (QED) is 0.825. The van der Waals surface area contributed by atoms with E-state index in [2.05, 4.69) is 70.3 Å². The molecule has 1 heteroatoms. The molecule has 19 heavy (non-hydrogen) atoms. The molecule has 0 saturated carbocycles. The van der Waals surface area contributed by atoms with Crippen LogP contribution in [0.2, 0.25) is 0 Å². The smallest absolute Gasteiger partial charge is 0.0406 e. The van der Waals surface area contributed by atoms with Crippen molar-refractivity contribution in [2.45, 2.75) is 41.2 Å². The van der Waals surface area contributed by atoms with Crippen molar-refractivity contribution in [3.63, 3.8) is 0 Å². The minimum absolute atomic E-state index is 0.892. The molecule has 1 N–H and O–H groups in total. The first-order valence-electron chi connectivity index (χ1n) is 6.86. The topological polar surface area (TPSA) is 12.0 Å². The van der Waals surface area contributed by atoms with Crippen molar-refractivity contribution in [1.29, 1.82) is 0 Å². The van der Waals surface area contributed by atoms with Crippen molar-refractivity contribution in [3.05, 3.63) is 63.7 Å². The lowest BCUT2D eigenvalue weighted by Crippen LogP contribution is -2.06. The largest absolute Gasteiger partial charge is 0.381 e. The van der Waals surface area contributed by atoms with Crippen molar-refractivity contribution in [3.8, 4) is 0 Å². The molecule has 0 radical (unpaired) electrons. The predicted molar refractivity (Wildman–Crippen MR) is 83.9 cm³/mol.